The smallest absolute Gasteiger partial charge is 0.0361 e. The largest absolute Gasteiger partial charge is 0.378 e. The summed E-state index contributed by atoms with van der Waals surface area (Å²) >= 11 is 0. The molecule has 0 heterocycles. The summed E-state index contributed by atoms with van der Waals surface area (Å²) in [4.78, 5) is 2.12. The van der Waals surface area contributed by atoms with Crippen LogP contribution >= 0.6 is 0 Å². The molecule has 1 atom stereocenters. The molecule has 18 heavy (non-hydrogen) atoms. The second-order valence-electron chi connectivity index (χ2n) is 5.36. The highest BCUT2D eigenvalue weighted by Crippen LogP contribution is 2.15. The van der Waals surface area contributed by atoms with Crippen molar-refractivity contribution < 1.29 is 0 Å². The van der Waals surface area contributed by atoms with Crippen molar-refractivity contribution in [2.24, 2.45) is 11.7 Å². The zero-order valence-corrected chi connectivity index (χ0v) is 12.1. The number of nitrogens with one attached hydrogen (secondary N) is 1. The van der Waals surface area contributed by atoms with E-state index in [0.29, 0.717) is 18.5 Å². The minimum Gasteiger partial charge on any atom is -0.378 e. The fraction of sp³-hybridized carbons (Fsp3) is 0.600. The number of nitrogens with zero attached hydrogens (tertiary/aromatic N) is 1. The van der Waals surface area contributed by atoms with Crippen LogP contribution in [-0.2, 0) is 6.42 Å². The lowest BCUT2D eigenvalue weighted by atomic mass is 9.96. The Balaban J connectivity index is 2.63. The van der Waals surface area contributed by atoms with Crippen molar-refractivity contribution in [1.82, 2.24) is 5.32 Å². The van der Waals surface area contributed by atoms with E-state index in [2.05, 4.69) is 62.4 Å². The maximum absolute atomic E-state index is 5.56. The number of nitrogens with two attached hydrogens (primary N) is 1. The molecular weight excluding hydrogens is 222 g/mol. The number of anilines is 1. The lowest BCUT2D eigenvalue weighted by Crippen LogP contribution is -2.38. The minimum atomic E-state index is 0.499. The molecule has 0 saturated carbocycles. The Morgan fingerprint density at radius 1 is 1.17 bits per heavy atom. The molecule has 1 unspecified atom stereocenters. The summed E-state index contributed by atoms with van der Waals surface area (Å²) in [5.74, 6) is 0.616. The van der Waals surface area contributed by atoms with Gasteiger partial charge in [-0.15, -0.1) is 0 Å². The van der Waals surface area contributed by atoms with Crippen molar-refractivity contribution in [2.45, 2.75) is 26.3 Å². The molecule has 3 heteroatoms. The molecule has 1 rings (SSSR count). The van der Waals surface area contributed by atoms with Crippen LogP contribution in [0, 0.1) is 5.92 Å². The summed E-state index contributed by atoms with van der Waals surface area (Å²) in [6, 6.07) is 9.29. The molecule has 0 spiro atoms. The van der Waals surface area contributed by atoms with Gasteiger partial charge in [0, 0.05) is 38.9 Å². The maximum Gasteiger partial charge on any atom is 0.0361 e. The van der Waals surface area contributed by atoms with Crippen LogP contribution in [-0.4, -0.2) is 33.2 Å². The summed E-state index contributed by atoms with van der Waals surface area (Å²) in [6.07, 6.45) is 1.06. The molecular formula is C15H27N3. The fourth-order valence-corrected chi connectivity index (χ4v) is 2.00. The van der Waals surface area contributed by atoms with Gasteiger partial charge in [0.15, 0.2) is 0 Å². The predicted molar refractivity (Wildman–Crippen MR) is 80.2 cm³/mol. The Labute approximate surface area is 111 Å². The van der Waals surface area contributed by atoms with Gasteiger partial charge in [0.1, 0.15) is 0 Å². The summed E-state index contributed by atoms with van der Waals surface area (Å²) in [7, 11) is 4.13. The van der Waals surface area contributed by atoms with E-state index in [0.717, 1.165) is 13.0 Å². The normalized spacial score (nSPS) is 12.8. The van der Waals surface area contributed by atoms with E-state index in [1.165, 1.54) is 11.3 Å². The second-order valence-corrected chi connectivity index (χ2v) is 5.36. The first-order chi connectivity index (χ1) is 8.54. The summed E-state index contributed by atoms with van der Waals surface area (Å²) in [5.41, 5.74) is 8.18. The van der Waals surface area contributed by atoms with Gasteiger partial charge in [-0.05, 0) is 30.0 Å². The average Bonchev–Trinajstić information content (AvgIpc) is 2.34. The van der Waals surface area contributed by atoms with Crippen molar-refractivity contribution in [3.63, 3.8) is 0 Å². The van der Waals surface area contributed by atoms with Gasteiger partial charge in [0.05, 0.1) is 0 Å². The molecule has 0 aliphatic rings. The molecule has 3 nitrogen and oxygen atoms in total. The molecule has 0 radical (unpaired) electrons. The van der Waals surface area contributed by atoms with Gasteiger partial charge in [-0.3, -0.25) is 0 Å². The van der Waals surface area contributed by atoms with E-state index in [1.807, 2.05) is 0 Å². The Kier molecular flexibility index (Phi) is 6.16. The van der Waals surface area contributed by atoms with E-state index in [4.69, 9.17) is 5.73 Å². The quantitative estimate of drug-likeness (QED) is 0.775. The molecule has 0 aliphatic heterocycles. The van der Waals surface area contributed by atoms with Gasteiger partial charge < -0.3 is 16.0 Å². The van der Waals surface area contributed by atoms with E-state index in [-0.39, 0.29) is 0 Å². The molecule has 102 valence electrons. The third-order valence-corrected chi connectivity index (χ3v) is 3.26. The van der Waals surface area contributed by atoms with Crippen molar-refractivity contribution in [3.05, 3.63) is 29.8 Å². The summed E-state index contributed by atoms with van der Waals surface area (Å²) < 4.78 is 0. The molecule has 0 amide bonds. The summed E-state index contributed by atoms with van der Waals surface area (Å²) in [6.45, 7) is 6.09. The summed E-state index contributed by atoms with van der Waals surface area (Å²) in [5, 5.41) is 3.52. The fourth-order valence-electron chi connectivity index (χ4n) is 2.00. The zero-order chi connectivity index (χ0) is 13.5. The van der Waals surface area contributed by atoms with Crippen molar-refractivity contribution in [2.75, 3.05) is 32.1 Å². The second kappa shape index (κ2) is 7.39. The third kappa shape index (κ3) is 4.67. The van der Waals surface area contributed by atoms with Gasteiger partial charge in [0.2, 0.25) is 0 Å². The van der Waals surface area contributed by atoms with Gasteiger partial charge >= 0.3 is 0 Å². The van der Waals surface area contributed by atoms with Crippen LogP contribution in [0.2, 0.25) is 0 Å². The van der Waals surface area contributed by atoms with E-state index < -0.39 is 0 Å². The Bertz CT molecular complexity index is 330. The SMILES string of the molecule is CC(C)C(Cc1ccc(N(C)C)cc1)NCCN. The molecule has 1 aromatic rings. The standard InChI is InChI=1S/C15H27N3/c1-12(2)15(17-10-9-16)11-13-5-7-14(8-6-13)18(3)4/h5-8,12,15,17H,9-11,16H2,1-4H3. The van der Waals surface area contributed by atoms with Gasteiger partial charge in [0.25, 0.3) is 0 Å². The molecule has 0 aliphatic carbocycles. The zero-order valence-electron chi connectivity index (χ0n) is 12.1. The van der Waals surface area contributed by atoms with Crippen LogP contribution in [0.25, 0.3) is 0 Å². The van der Waals surface area contributed by atoms with E-state index in [1.54, 1.807) is 0 Å². The first kappa shape index (κ1) is 15.0. The van der Waals surface area contributed by atoms with Crippen LogP contribution in [0.5, 0.6) is 0 Å². The van der Waals surface area contributed by atoms with E-state index in [9.17, 15) is 0 Å². The maximum atomic E-state index is 5.56. The Morgan fingerprint density at radius 3 is 2.22 bits per heavy atom. The first-order valence-corrected chi connectivity index (χ1v) is 6.74. The number of hydrogen-bond acceptors (Lipinski definition) is 3. The highest BCUT2D eigenvalue weighted by molar-refractivity contribution is 5.46. The lowest BCUT2D eigenvalue weighted by molar-refractivity contribution is 0.401. The lowest BCUT2D eigenvalue weighted by Gasteiger charge is -2.22. The van der Waals surface area contributed by atoms with Crippen molar-refractivity contribution in [3.8, 4) is 0 Å². The van der Waals surface area contributed by atoms with Crippen LogP contribution < -0.4 is 16.0 Å². The molecule has 1 aromatic carbocycles. The van der Waals surface area contributed by atoms with Crippen LogP contribution in [0.3, 0.4) is 0 Å². The molecule has 0 saturated heterocycles. The van der Waals surface area contributed by atoms with Crippen LogP contribution in [0.4, 0.5) is 5.69 Å². The molecule has 0 fully saturated rings. The molecule has 3 N–H and O–H groups in total. The first-order valence-electron chi connectivity index (χ1n) is 6.74. The average molecular weight is 249 g/mol. The Hall–Kier alpha value is -1.06. The highest BCUT2D eigenvalue weighted by Gasteiger charge is 2.12. The number of rotatable bonds is 7. The van der Waals surface area contributed by atoms with Gasteiger partial charge in [-0.1, -0.05) is 26.0 Å². The van der Waals surface area contributed by atoms with Crippen LogP contribution in [0.15, 0.2) is 24.3 Å². The van der Waals surface area contributed by atoms with Crippen LogP contribution in [0.1, 0.15) is 19.4 Å². The predicted octanol–water partition coefficient (Wildman–Crippen LogP) is 1.87. The van der Waals surface area contributed by atoms with E-state index >= 15 is 0 Å². The number of hydrogen-bond donors (Lipinski definition) is 2. The topological polar surface area (TPSA) is 41.3 Å². The Morgan fingerprint density at radius 2 is 1.78 bits per heavy atom. The van der Waals surface area contributed by atoms with Crippen molar-refractivity contribution >= 4 is 5.69 Å². The molecule has 0 aromatic heterocycles. The van der Waals surface area contributed by atoms with Gasteiger partial charge in [-0.25, -0.2) is 0 Å². The van der Waals surface area contributed by atoms with Gasteiger partial charge in [-0.2, -0.15) is 0 Å². The monoisotopic (exact) mass is 249 g/mol. The highest BCUT2D eigenvalue weighted by atomic mass is 15.1. The minimum absolute atomic E-state index is 0.499. The third-order valence-electron chi connectivity index (χ3n) is 3.26. The molecule has 0 bridgehead atoms. The van der Waals surface area contributed by atoms with Crippen molar-refractivity contribution in [1.29, 1.82) is 0 Å². The number of benzene rings is 1.